The van der Waals surface area contributed by atoms with E-state index < -0.39 is 29.5 Å². The van der Waals surface area contributed by atoms with Gasteiger partial charge in [-0.05, 0) is 93.5 Å². The van der Waals surface area contributed by atoms with Crippen molar-refractivity contribution in [1.82, 2.24) is 0 Å². The van der Waals surface area contributed by atoms with Gasteiger partial charge in [0.15, 0.2) is 12.1 Å². The van der Waals surface area contributed by atoms with E-state index in [1.54, 1.807) is 0 Å². The molecule has 3 saturated carbocycles. The Morgan fingerprint density at radius 1 is 1.20 bits per heavy atom. The van der Waals surface area contributed by atoms with Crippen LogP contribution in [0, 0.1) is 40.4 Å². The van der Waals surface area contributed by atoms with E-state index in [2.05, 4.69) is 20.8 Å². The van der Waals surface area contributed by atoms with Crippen LogP contribution >= 0.6 is 0 Å². The van der Waals surface area contributed by atoms with Crippen LogP contribution < -0.4 is 0 Å². The highest BCUT2D eigenvalue weighted by Crippen LogP contribution is 2.71. The number of fused-ring (bicyclic) bond motifs is 4. The van der Waals surface area contributed by atoms with Crippen LogP contribution in [0.2, 0.25) is 0 Å². The van der Waals surface area contributed by atoms with Crippen LogP contribution in [0.1, 0.15) is 92.4 Å². The highest BCUT2D eigenvalue weighted by Gasteiger charge is 2.73. The van der Waals surface area contributed by atoms with E-state index in [0.29, 0.717) is 37.0 Å². The van der Waals surface area contributed by atoms with Gasteiger partial charge in [0.25, 0.3) is 0 Å². The Bertz CT molecular complexity index is 907. The second kappa shape index (κ2) is 8.66. The van der Waals surface area contributed by atoms with E-state index >= 15 is 0 Å². The van der Waals surface area contributed by atoms with Gasteiger partial charge >= 0.3 is 5.97 Å². The van der Waals surface area contributed by atoms with E-state index in [4.69, 9.17) is 9.47 Å². The summed E-state index contributed by atoms with van der Waals surface area (Å²) >= 11 is 0. The molecule has 0 bridgehead atoms. The first-order valence-corrected chi connectivity index (χ1v) is 13.9. The Morgan fingerprint density at radius 3 is 2.63 bits per heavy atom. The number of ether oxygens (including phenoxy) is 2. The number of aliphatic hydroxyl groups excluding tert-OH is 1. The molecule has 7 unspecified atom stereocenters. The average molecular weight is 489 g/mol. The number of rotatable bonds is 4. The average Bonchev–Trinajstić information content (AvgIpc) is 3.11. The van der Waals surface area contributed by atoms with Gasteiger partial charge in [0, 0.05) is 24.7 Å². The van der Waals surface area contributed by atoms with Gasteiger partial charge < -0.3 is 19.7 Å². The molecule has 196 valence electrons. The van der Waals surface area contributed by atoms with Crippen molar-refractivity contribution in [3.8, 4) is 0 Å². The number of allylic oxidation sites excluding steroid dienone is 1. The summed E-state index contributed by atoms with van der Waals surface area (Å²) in [6, 6.07) is 0. The van der Waals surface area contributed by atoms with Crippen LogP contribution in [0.15, 0.2) is 11.6 Å². The predicted molar refractivity (Wildman–Crippen MR) is 131 cm³/mol. The summed E-state index contributed by atoms with van der Waals surface area (Å²) < 4.78 is 12.2. The minimum Gasteiger partial charge on any atom is -0.462 e. The molecule has 6 heteroatoms. The molecule has 1 spiro atoms. The maximum atomic E-state index is 12.2. The fraction of sp³-hybridized carbons (Fsp3) is 0.862. The fourth-order valence-electron chi connectivity index (χ4n) is 9.44. The molecule has 0 aromatic carbocycles. The van der Waals surface area contributed by atoms with Crippen molar-refractivity contribution >= 4 is 11.8 Å². The first-order valence-electron chi connectivity index (χ1n) is 13.9. The highest BCUT2D eigenvalue weighted by molar-refractivity contribution is 5.91. The molecular formula is C29H44O6. The summed E-state index contributed by atoms with van der Waals surface area (Å²) in [5.74, 6) is 0.914. The van der Waals surface area contributed by atoms with Crippen molar-refractivity contribution in [3.63, 3.8) is 0 Å². The number of carbonyl (C=O) groups excluding carboxylic acids is 2. The lowest BCUT2D eigenvalue weighted by Crippen LogP contribution is -2.68. The van der Waals surface area contributed by atoms with Gasteiger partial charge in [-0.1, -0.05) is 26.3 Å². The topological polar surface area (TPSA) is 93.1 Å². The smallest absolute Gasteiger partial charge is 0.302 e. The third kappa shape index (κ3) is 3.76. The Morgan fingerprint density at radius 2 is 1.94 bits per heavy atom. The normalized spacial score (nSPS) is 49.0. The third-order valence-corrected chi connectivity index (χ3v) is 10.9. The molecule has 0 radical (unpaired) electrons. The maximum Gasteiger partial charge on any atom is 0.302 e. The van der Waals surface area contributed by atoms with Crippen molar-refractivity contribution in [3.05, 3.63) is 11.6 Å². The fourth-order valence-corrected chi connectivity index (χ4v) is 9.44. The number of hydrogen-bond acceptors (Lipinski definition) is 6. The van der Waals surface area contributed by atoms with Crippen LogP contribution in [0.3, 0.4) is 0 Å². The standard InChI is InChI=1S/C29H44O6/c1-16(2)6-9-24-28(5,33)25-23(34-17(3)30)15-22-20-8-7-18-14-19(31)10-12-27(18,4)21(20)11-13-29(22,25)26(32)35-24/h14,16,20-26,32-33H,6-13,15H2,1-5H3/t20?,21?,22?,23?,24-,25?,26-,27?,28+,29?/m1/s1. The molecule has 4 aliphatic carbocycles. The van der Waals surface area contributed by atoms with Gasteiger partial charge in [0.2, 0.25) is 0 Å². The molecule has 1 heterocycles. The summed E-state index contributed by atoms with van der Waals surface area (Å²) in [4.78, 5) is 24.4. The molecule has 1 aliphatic heterocycles. The summed E-state index contributed by atoms with van der Waals surface area (Å²) in [6.45, 7) is 9.92. The van der Waals surface area contributed by atoms with Crippen molar-refractivity contribution in [1.29, 1.82) is 0 Å². The molecule has 5 rings (SSSR count). The number of hydrogen-bond donors (Lipinski definition) is 2. The molecule has 6 nitrogen and oxygen atoms in total. The first-order chi connectivity index (χ1) is 16.4. The predicted octanol–water partition coefficient (Wildman–Crippen LogP) is 4.56. The van der Waals surface area contributed by atoms with Gasteiger partial charge in [0.1, 0.15) is 6.10 Å². The zero-order chi connectivity index (χ0) is 25.3. The van der Waals surface area contributed by atoms with Crippen LogP contribution in [0.5, 0.6) is 0 Å². The molecule has 4 fully saturated rings. The lowest BCUT2D eigenvalue weighted by Gasteiger charge is -2.63. The highest BCUT2D eigenvalue weighted by atomic mass is 16.6. The first kappa shape index (κ1) is 25.4. The number of esters is 1. The lowest BCUT2D eigenvalue weighted by atomic mass is 9.45. The van der Waals surface area contributed by atoms with Crippen molar-refractivity contribution in [2.75, 3.05) is 0 Å². The molecule has 5 aliphatic rings. The monoisotopic (exact) mass is 488 g/mol. The van der Waals surface area contributed by atoms with Crippen LogP contribution in [-0.4, -0.2) is 46.1 Å². The molecular weight excluding hydrogens is 444 g/mol. The van der Waals surface area contributed by atoms with Crippen molar-refractivity contribution < 1.29 is 29.3 Å². The van der Waals surface area contributed by atoms with Crippen molar-refractivity contribution in [2.45, 2.75) is 117 Å². The third-order valence-electron chi connectivity index (χ3n) is 10.9. The SMILES string of the molecule is CC(=O)OC1CC2C3CCC4=CC(=O)CCC4(C)C3CCC23C1[C@@](C)(O)[C@@H](CCC(C)C)O[C@H]3O. The Labute approximate surface area is 209 Å². The van der Waals surface area contributed by atoms with Crippen molar-refractivity contribution in [2.24, 2.45) is 40.4 Å². The minimum atomic E-state index is -1.20. The van der Waals surface area contributed by atoms with Crippen LogP contribution in [0.25, 0.3) is 0 Å². The Kier molecular flexibility index (Phi) is 6.29. The van der Waals surface area contributed by atoms with Gasteiger partial charge in [0.05, 0.1) is 11.7 Å². The summed E-state index contributed by atoms with van der Waals surface area (Å²) in [7, 11) is 0. The van der Waals surface area contributed by atoms with E-state index in [-0.39, 0.29) is 29.0 Å². The van der Waals surface area contributed by atoms with Gasteiger partial charge in [-0.3, -0.25) is 9.59 Å². The quantitative estimate of drug-likeness (QED) is 0.564. The second-order valence-corrected chi connectivity index (χ2v) is 13.2. The molecule has 10 atom stereocenters. The zero-order valence-electron chi connectivity index (χ0n) is 22.1. The van der Waals surface area contributed by atoms with Crippen LogP contribution in [0.4, 0.5) is 0 Å². The molecule has 0 aromatic heterocycles. The molecule has 2 N–H and O–H groups in total. The number of ketones is 1. The summed E-state index contributed by atoms with van der Waals surface area (Å²) in [5, 5.41) is 23.7. The summed E-state index contributed by atoms with van der Waals surface area (Å²) in [6.07, 6.45) is 7.28. The van der Waals surface area contributed by atoms with E-state index in [0.717, 1.165) is 38.5 Å². The Balaban J connectivity index is 1.52. The van der Waals surface area contributed by atoms with E-state index in [9.17, 15) is 19.8 Å². The Hall–Kier alpha value is -1.24. The zero-order valence-corrected chi connectivity index (χ0v) is 22.1. The molecule has 0 aromatic rings. The van der Waals surface area contributed by atoms with Crippen LogP contribution in [-0.2, 0) is 19.1 Å². The van der Waals surface area contributed by atoms with Gasteiger partial charge in [-0.25, -0.2) is 0 Å². The second-order valence-electron chi connectivity index (χ2n) is 13.2. The van der Waals surface area contributed by atoms with Gasteiger partial charge in [-0.15, -0.1) is 0 Å². The van der Waals surface area contributed by atoms with Gasteiger partial charge in [-0.2, -0.15) is 0 Å². The van der Waals surface area contributed by atoms with E-state index in [1.165, 1.54) is 12.5 Å². The largest absolute Gasteiger partial charge is 0.462 e. The molecule has 0 amide bonds. The summed E-state index contributed by atoms with van der Waals surface area (Å²) in [5.41, 5.74) is -0.507. The lowest BCUT2D eigenvalue weighted by molar-refractivity contribution is -0.339. The molecule has 35 heavy (non-hydrogen) atoms. The number of carbonyl (C=O) groups is 2. The minimum absolute atomic E-state index is 0.0102. The molecule has 1 saturated heterocycles. The van der Waals surface area contributed by atoms with E-state index in [1.807, 2.05) is 13.0 Å². The maximum absolute atomic E-state index is 12.2. The number of aliphatic hydroxyl groups is 2.